The maximum Gasteiger partial charge on any atom is 0.257 e. The molecule has 4 aromatic rings. The zero-order valence-corrected chi connectivity index (χ0v) is 16.7. The number of rotatable bonds is 3. The Hall–Kier alpha value is -3.09. The molecule has 4 rings (SSSR count). The van der Waals surface area contributed by atoms with Crippen molar-refractivity contribution in [3.8, 4) is 11.3 Å². The number of nitrogens with one attached hydrogen (secondary N) is 2. The monoisotopic (exact) mass is 403 g/mol. The molecule has 0 saturated carbocycles. The topological polar surface area (TPSA) is 54.0 Å². The quantitative estimate of drug-likeness (QED) is 0.450. The van der Waals surface area contributed by atoms with Crippen molar-refractivity contribution in [2.45, 2.75) is 6.92 Å². The number of thiocarbonyl (C=S) groups is 1. The van der Waals surface area contributed by atoms with Gasteiger partial charge >= 0.3 is 0 Å². The third kappa shape index (κ3) is 4.08. The molecule has 6 heteroatoms. The van der Waals surface area contributed by atoms with Gasteiger partial charge in [-0.2, -0.15) is 0 Å². The van der Waals surface area contributed by atoms with Crippen LogP contribution in [-0.2, 0) is 0 Å². The lowest BCUT2D eigenvalue weighted by atomic mass is 10.1. The molecule has 1 aromatic heterocycles. The molecule has 3 aromatic carbocycles. The highest BCUT2D eigenvalue weighted by atomic mass is 32.1. The number of carbonyl (C=O) groups is 1. The second-order valence-electron chi connectivity index (χ2n) is 6.37. The number of nitrogens with zero attached hydrogens (tertiary/aromatic N) is 1. The van der Waals surface area contributed by atoms with Crippen LogP contribution in [0.4, 0.5) is 5.13 Å². The number of carbonyl (C=O) groups excluding carboxylic acids is 1. The second kappa shape index (κ2) is 7.88. The maximum atomic E-state index is 12.5. The van der Waals surface area contributed by atoms with Crippen LogP contribution in [0.25, 0.3) is 22.0 Å². The summed E-state index contributed by atoms with van der Waals surface area (Å²) in [6.07, 6.45) is 0. The van der Waals surface area contributed by atoms with E-state index in [2.05, 4.69) is 34.7 Å². The highest BCUT2D eigenvalue weighted by Crippen LogP contribution is 2.25. The van der Waals surface area contributed by atoms with Gasteiger partial charge in [-0.1, -0.05) is 60.2 Å². The highest BCUT2D eigenvalue weighted by Gasteiger charge is 2.11. The zero-order chi connectivity index (χ0) is 19.5. The summed E-state index contributed by atoms with van der Waals surface area (Å²) < 4.78 is 0. The molecule has 1 amide bonds. The first kappa shape index (κ1) is 18.3. The van der Waals surface area contributed by atoms with Crippen molar-refractivity contribution in [1.29, 1.82) is 0 Å². The molecule has 0 fully saturated rings. The van der Waals surface area contributed by atoms with Crippen molar-refractivity contribution in [3.63, 3.8) is 0 Å². The summed E-state index contributed by atoms with van der Waals surface area (Å²) in [4.78, 5) is 17.0. The van der Waals surface area contributed by atoms with Crippen molar-refractivity contribution in [2.24, 2.45) is 0 Å². The Morgan fingerprint density at radius 2 is 1.75 bits per heavy atom. The van der Waals surface area contributed by atoms with Crippen LogP contribution in [0.5, 0.6) is 0 Å². The molecule has 0 radical (unpaired) electrons. The molecule has 4 nitrogen and oxygen atoms in total. The van der Waals surface area contributed by atoms with Gasteiger partial charge in [-0.3, -0.25) is 10.1 Å². The van der Waals surface area contributed by atoms with Gasteiger partial charge < -0.3 is 5.32 Å². The molecule has 0 aliphatic rings. The summed E-state index contributed by atoms with van der Waals surface area (Å²) in [5, 5.41) is 10.6. The molecule has 28 heavy (non-hydrogen) atoms. The minimum absolute atomic E-state index is 0.225. The molecule has 138 valence electrons. The predicted molar refractivity (Wildman–Crippen MR) is 120 cm³/mol. The lowest BCUT2D eigenvalue weighted by Gasteiger charge is -2.08. The predicted octanol–water partition coefficient (Wildman–Crippen LogP) is 5.40. The fraction of sp³-hybridized carbons (Fsp3) is 0.0455. The Morgan fingerprint density at radius 3 is 2.54 bits per heavy atom. The van der Waals surface area contributed by atoms with Gasteiger partial charge in [0.25, 0.3) is 5.91 Å². The molecule has 2 N–H and O–H groups in total. The zero-order valence-electron chi connectivity index (χ0n) is 15.1. The van der Waals surface area contributed by atoms with E-state index in [9.17, 15) is 4.79 Å². The summed E-state index contributed by atoms with van der Waals surface area (Å²) >= 11 is 6.72. The number of fused-ring (bicyclic) bond motifs is 1. The Kier molecular flexibility index (Phi) is 5.14. The molecule has 0 saturated heterocycles. The van der Waals surface area contributed by atoms with Crippen molar-refractivity contribution in [1.82, 2.24) is 10.3 Å². The molecule has 1 heterocycles. The summed E-state index contributed by atoms with van der Waals surface area (Å²) in [6.45, 7) is 2.05. The van der Waals surface area contributed by atoms with Crippen LogP contribution in [0.1, 0.15) is 15.9 Å². The van der Waals surface area contributed by atoms with Gasteiger partial charge in [-0.25, -0.2) is 4.98 Å². The van der Waals surface area contributed by atoms with Gasteiger partial charge in [-0.15, -0.1) is 11.3 Å². The first-order chi connectivity index (χ1) is 13.6. The third-order valence-corrected chi connectivity index (χ3v) is 5.27. The van der Waals surface area contributed by atoms with Gasteiger partial charge in [-0.05, 0) is 42.0 Å². The molecule has 0 bridgehead atoms. The van der Waals surface area contributed by atoms with Crippen LogP contribution in [0, 0.1) is 6.92 Å². The van der Waals surface area contributed by atoms with Crippen LogP contribution in [0.3, 0.4) is 0 Å². The van der Waals surface area contributed by atoms with Crippen LogP contribution in [-0.4, -0.2) is 16.0 Å². The molecule has 0 aliphatic heterocycles. The Bertz CT molecular complexity index is 1170. The van der Waals surface area contributed by atoms with Crippen molar-refractivity contribution < 1.29 is 4.79 Å². The fourth-order valence-electron chi connectivity index (χ4n) is 2.82. The maximum absolute atomic E-state index is 12.5. The number of hydrogen-bond donors (Lipinski definition) is 2. The minimum atomic E-state index is -0.251. The average Bonchev–Trinajstić information content (AvgIpc) is 3.16. The Labute approximate surface area is 172 Å². The smallest absolute Gasteiger partial charge is 0.257 e. The normalized spacial score (nSPS) is 10.6. The van der Waals surface area contributed by atoms with Crippen molar-refractivity contribution in [3.05, 3.63) is 83.2 Å². The number of aromatic nitrogens is 1. The highest BCUT2D eigenvalue weighted by molar-refractivity contribution is 7.80. The van der Waals surface area contributed by atoms with E-state index in [0.717, 1.165) is 22.0 Å². The SMILES string of the molecule is Cc1ccc(-c2csc(NC(=S)NC(=O)c3ccc4ccccc4c3)n2)cc1. The Balaban J connectivity index is 1.42. The molecule has 0 spiro atoms. The first-order valence-corrected chi connectivity index (χ1v) is 10.0. The van der Waals surface area contributed by atoms with Crippen molar-refractivity contribution in [2.75, 3.05) is 5.32 Å². The van der Waals surface area contributed by atoms with Gasteiger partial charge in [0.2, 0.25) is 0 Å². The Morgan fingerprint density at radius 1 is 1.00 bits per heavy atom. The molecule has 0 aliphatic carbocycles. The lowest BCUT2D eigenvalue weighted by Crippen LogP contribution is -2.34. The number of benzene rings is 3. The summed E-state index contributed by atoms with van der Waals surface area (Å²) in [5.41, 5.74) is 3.68. The summed E-state index contributed by atoms with van der Waals surface area (Å²) in [5.74, 6) is -0.251. The van der Waals surface area contributed by atoms with Crippen LogP contribution in [0.15, 0.2) is 72.1 Å². The van der Waals surface area contributed by atoms with E-state index < -0.39 is 0 Å². The van der Waals surface area contributed by atoms with Gasteiger partial charge in [0.05, 0.1) is 5.69 Å². The van der Waals surface area contributed by atoms with E-state index in [0.29, 0.717) is 10.7 Å². The minimum Gasteiger partial charge on any atom is -0.308 e. The van der Waals surface area contributed by atoms with Crippen LogP contribution >= 0.6 is 23.6 Å². The number of thiazole rings is 1. The van der Waals surface area contributed by atoms with E-state index in [4.69, 9.17) is 12.2 Å². The van der Waals surface area contributed by atoms with E-state index >= 15 is 0 Å². The lowest BCUT2D eigenvalue weighted by molar-refractivity contribution is 0.0978. The van der Waals surface area contributed by atoms with E-state index in [1.165, 1.54) is 16.9 Å². The molecular weight excluding hydrogens is 386 g/mol. The number of hydrogen-bond acceptors (Lipinski definition) is 4. The fourth-order valence-corrected chi connectivity index (χ4v) is 3.80. The van der Waals surface area contributed by atoms with E-state index in [1.54, 1.807) is 6.07 Å². The van der Waals surface area contributed by atoms with Gasteiger partial charge in [0.1, 0.15) is 0 Å². The first-order valence-electron chi connectivity index (χ1n) is 8.72. The van der Waals surface area contributed by atoms with E-state index in [1.807, 2.05) is 53.9 Å². The third-order valence-electron chi connectivity index (χ3n) is 4.31. The molecular formula is C22H17N3OS2. The number of anilines is 1. The second-order valence-corrected chi connectivity index (χ2v) is 7.64. The largest absolute Gasteiger partial charge is 0.308 e. The van der Waals surface area contributed by atoms with E-state index in [-0.39, 0.29) is 11.0 Å². The van der Waals surface area contributed by atoms with Crippen LogP contribution < -0.4 is 10.6 Å². The van der Waals surface area contributed by atoms with Gasteiger partial charge in [0.15, 0.2) is 10.2 Å². The summed E-state index contributed by atoms with van der Waals surface area (Å²) in [6, 6.07) is 21.7. The number of amides is 1. The summed E-state index contributed by atoms with van der Waals surface area (Å²) in [7, 11) is 0. The van der Waals surface area contributed by atoms with Crippen LogP contribution in [0.2, 0.25) is 0 Å². The van der Waals surface area contributed by atoms with Crippen molar-refractivity contribution >= 4 is 50.5 Å². The van der Waals surface area contributed by atoms with Gasteiger partial charge in [0, 0.05) is 16.5 Å². The standard InChI is InChI=1S/C22H17N3OS2/c1-14-6-8-16(9-7-14)19-13-28-22(23-19)25-21(27)24-20(26)18-11-10-15-4-2-3-5-17(15)12-18/h2-13H,1H3,(H2,23,24,25,26,27). The average molecular weight is 404 g/mol. The molecule has 0 atom stereocenters. The number of aryl methyl sites for hydroxylation is 1. The molecule has 0 unspecified atom stereocenters.